The van der Waals surface area contributed by atoms with E-state index in [0.717, 1.165) is 24.0 Å². The van der Waals surface area contributed by atoms with E-state index < -0.39 is 22.9 Å². The number of hydrogen-bond acceptors (Lipinski definition) is 7. The summed E-state index contributed by atoms with van der Waals surface area (Å²) in [6, 6.07) is 0. The maximum Gasteiger partial charge on any atom is 0.334 e. The van der Waals surface area contributed by atoms with Crippen LogP contribution in [0.25, 0.3) is 0 Å². The highest BCUT2D eigenvalue weighted by Crippen LogP contribution is 2.82. The van der Waals surface area contributed by atoms with Gasteiger partial charge in [0.05, 0.1) is 6.10 Å². The van der Waals surface area contributed by atoms with E-state index >= 15 is 0 Å². The van der Waals surface area contributed by atoms with Crippen molar-refractivity contribution in [3.63, 3.8) is 0 Å². The fourth-order valence-corrected chi connectivity index (χ4v) is 7.50. The molecule has 7 aliphatic rings. The number of cyclic esters (lactones) is 1. The Labute approximate surface area is 150 Å². The van der Waals surface area contributed by atoms with Crippen LogP contribution in [0.2, 0.25) is 0 Å². The van der Waals surface area contributed by atoms with Gasteiger partial charge in [0.15, 0.2) is 5.60 Å². The minimum Gasteiger partial charge on any atom is -0.458 e. The van der Waals surface area contributed by atoms with Crippen LogP contribution < -0.4 is 0 Å². The molecule has 2 saturated carbocycles. The van der Waals surface area contributed by atoms with Crippen molar-refractivity contribution >= 4 is 5.97 Å². The Morgan fingerprint density at radius 1 is 1.23 bits per heavy atom. The Balaban J connectivity index is 1.37. The molecule has 0 bridgehead atoms. The van der Waals surface area contributed by atoms with Crippen LogP contribution in [0.5, 0.6) is 0 Å². The first-order chi connectivity index (χ1) is 12.5. The normalized spacial score (nSPS) is 62.9. The zero-order chi connectivity index (χ0) is 17.7. The molecule has 0 radical (unpaired) electrons. The van der Waals surface area contributed by atoms with Crippen LogP contribution in [0.3, 0.4) is 0 Å². The summed E-state index contributed by atoms with van der Waals surface area (Å²) >= 11 is 0. The maximum atomic E-state index is 12.0. The summed E-state index contributed by atoms with van der Waals surface area (Å²) in [6.45, 7) is 2.59. The van der Waals surface area contributed by atoms with Gasteiger partial charge in [-0.3, -0.25) is 0 Å². The van der Waals surface area contributed by atoms with Crippen LogP contribution in [0.15, 0.2) is 11.1 Å². The van der Waals surface area contributed by atoms with Gasteiger partial charge in [0, 0.05) is 24.0 Å². The topological polar surface area (TPSA) is 104 Å². The molecule has 0 unspecified atom stereocenters. The lowest BCUT2D eigenvalue weighted by atomic mass is 9.47. The predicted octanol–water partition coefficient (Wildman–Crippen LogP) is -0.171. The summed E-state index contributed by atoms with van der Waals surface area (Å²) in [4.78, 5) is 12.0. The molecular formula is C19H22O7. The fraction of sp³-hybridized carbons (Fsp3) is 0.842. The minimum atomic E-state index is -0.787. The van der Waals surface area contributed by atoms with E-state index in [-0.39, 0.29) is 42.2 Å². The molecule has 140 valence electrons. The summed E-state index contributed by atoms with van der Waals surface area (Å²) in [7, 11) is 0. The van der Waals surface area contributed by atoms with Gasteiger partial charge in [-0.25, -0.2) is 4.79 Å². The molecule has 7 nitrogen and oxygen atoms in total. The van der Waals surface area contributed by atoms with Gasteiger partial charge >= 0.3 is 5.97 Å². The molecule has 3 aliphatic carbocycles. The van der Waals surface area contributed by atoms with Crippen molar-refractivity contribution in [3.05, 3.63) is 11.1 Å². The van der Waals surface area contributed by atoms with Gasteiger partial charge < -0.3 is 29.2 Å². The third kappa shape index (κ3) is 1.18. The summed E-state index contributed by atoms with van der Waals surface area (Å²) in [5, 5.41) is 20.8. The number of aliphatic hydroxyl groups is 2. The van der Waals surface area contributed by atoms with E-state index in [1.807, 2.05) is 0 Å². The molecule has 4 heterocycles. The van der Waals surface area contributed by atoms with Crippen LogP contribution in [0.4, 0.5) is 0 Å². The largest absolute Gasteiger partial charge is 0.458 e. The number of fused-ring (bicyclic) bond motifs is 4. The van der Waals surface area contributed by atoms with Gasteiger partial charge in [0.2, 0.25) is 0 Å². The lowest BCUT2D eigenvalue weighted by molar-refractivity contribution is -0.136. The predicted molar refractivity (Wildman–Crippen MR) is 84.0 cm³/mol. The van der Waals surface area contributed by atoms with Crippen LogP contribution in [0, 0.1) is 11.3 Å². The van der Waals surface area contributed by atoms with E-state index in [2.05, 4.69) is 6.92 Å². The Morgan fingerprint density at radius 3 is 2.88 bits per heavy atom. The number of carbonyl (C=O) groups excluding carboxylic acids is 1. The van der Waals surface area contributed by atoms with Crippen molar-refractivity contribution < 1.29 is 34.0 Å². The van der Waals surface area contributed by atoms with Crippen LogP contribution in [0.1, 0.15) is 32.6 Å². The third-order valence-electron chi connectivity index (χ3n) is 8.79. The average Bonchev–Trinajstić information content (AvgIpc) is 3.50. The number of esters is 1. The molecule has 2 N–H and O–H groups in total. The van der Waals surface area contributed by atoms with E-state index in [9.17, 15) is 15.0 Å². The second-order valence-electron chi connectivity index (χ2n) is 9.33. The van der Waals surface area contributed by atoms with Crippen LogP contribution >= 0.6 is 0 Å². The Morgan fingerprint density at radius 2 is 2.08 bits per heavy atom. The van der Waals surface area contributed by atoms with Gasteiger partial charge in [0.25, 0.3) is 0 Å². The van der Waals surface area contributed by atoms with Gasteiger partial charge in [-0.1, -0.05) is 6.92 Å². The van der Waals surface area contributed by atoms with Crippen LogP contribution in [-0.4, -0.2) is 70.6 Å². The Kier molecular flexibility index (Phi) is 2.26. The summed E-state index contributed by atoms with van der Waals surface area (Å²) < 4.78 is 24.0. The molecule has 3 saturated heterocycles. The number of epoxide rings is 3. The highest BCUT2D eigenvalue weighted by molar-refractivity contribution is 5.92. The van der Waals surface area contributed by atoms with Crippen LogP contribution in [-0.2, 0) is 23.7 Å². The standard InChI is InChI=1S/C19H22O7/c1-16-3-2-8-9(7-23-14(8)21)10(16)6-11-18(24-11)15(22)17(4-5-20)12(25-17)13-19(16,18)26-13/h10-13,15,20,22H,2-7H2,1H3/t10-,11-,12-,13-,15+,16-,17-,18+,19+/m0/s1. The number of rotatable bonds is 2. The van der Waals surface area contributed by atoms with Gasteiger partial charge in [-0.05, 0) is 30.8 Å². The molecule has 2 spiro atoms. The average molecular weight is 362 g/mol. The first-order valence-electron chi connectivity index (χ1n) is 9.68. The quantitative estimate of drug-likeness (QED) is 0.519. The monoisotopic (exact) mass is 362 g/mol. The van der Waals surface area contributed by atoms with E-state index in [4.69, 9.17) is 18.9 Å². The third-order valence-corrected chi connectivity index (χ3v) is 8.79. The highest BCUT2D eigenvalue weighted by atomic mass is 16.7. The number of aliphatic hydroxyl groups excluding tert-OH is 2. The molecule has 9 atom stereocenters. The molecule has 0 aromatic heterocycles. The second-order valence-corrected chi connectivity index (χ2v) is 9.33. The Bertz CT molecular complexity index is 808. The van der Waals surface area contributed by atoms with Crippen molar-refractivity contribution in [1.82, 2.24) is 0 Å². The molecule has 5 fully saturated rings. The molecule has 4 aliphatic heterocycles. The first-order valence-corrected chi connectivity index (χ1v) is 9.68. The van der Waals surface area contributed by atoms with Crippen molar-refractivity contribution in [2.24, 2.45) is 11.3 Å². The molecular weight excluding hydrogens is 340 g/mol. The SMILES string of the molecule is C[C@]12CCC3=C(COC3=O)[C@@H]1C[C@@H]1O[C@@]13[C@H](O)[C@@]1(CCO)O[C@H]1[C@@H]1O[C@@]132. The molecule has 0 aromatic rings. The zero-order valence-electron chi connectivity index (χ0n) is 14.6. The lowest BCUT2D eigenvalue weighted by Crippen LogP contribution is -2.68. The minimum absolute atomic E-state index is 0.0242. The van der Waals surface area contributed by atoms with Gasteiger partial charge in [-0.15, -0.1) is 0 Å². The van der Waals surface area contributed by atoms with E-state index in [1.165, 1.54) is 0 Å². The number of hydrogen-bond donors (Lipinski definition) is 2. The Hall–Kier alpha value is -0.990. The molecule has 0 amide bonds. The summed E-state index contributed by atoms with van der Waals surface area (Å²) in [5.74, 6) is 0.0113. The summed E-state index contributed by atoms with van der Waals surface area (Å²) in [5.41, 5.74) is -0.250. The van der Waals surface area contributed by atoms with Crippen molar-refractivity contribution in [2.75, 3.05) is 13.2 Å². The van der Waals surface area contributed by atoms with Gasteiger partial charge in [-0.2, -0.15) is 0 Å². The molecule has 7 heteroatoms. The van der Waals surface area contributed by atoms with E-state index in [0.29, 0.717) is 19.4 Å². The smallest absolute Gasteiger partial charge is 0.334 e. The summed E-state index contributed by atoms with van der Waals surface area (Å²) in [6.07, 6.45) is 1.55. The first kappa shape index (κ1) is 15.0. The van der Waals surface area contributed by atoms with Crippen molar-refractivity contribution in [2.45, 2.75) is 73.8 Å². The maximum absolute atomic E-state index is 12.0. The fourth-order valence-electron chi connectivity index (χ4n) is 7.50. The molecule has 0 aromatic carbocycles. The zero-order valence-corrected chi connectivity index (χ0v) is 14.6. The second kappa shape index (κ2) is 3.91. The van der Waals surface area contributed by atoms with Crippen molar-refractivity contribution in [3.8, 4) is 0 Å². The number of ether oxygens (including phenoxy) is 4. The molecule has 26 heavy (non-hydrogen) atoms. The number of carbonyl (C=O) groups is 1. The van der Waals surface area contributed by atoms with E-state index in [1.54, 1.807) is 0 Å². The van der Waals surface area contributed by atoms with Gasteiger partial charge in [0.1, 0.15) is 36.1 Å². The van der Waals surface area contributed by atoms with Crippen molar-refractivity contribution in [1.29, 1.82) is 0 Å². The highest BCUT2D eigenvalue weighted by Gasteiger charge is 3.00. The lowest BCUT2D eigenvalue weighted by Gasteiger charge is -2.53. The molecule has 7 rings (SSSR count).